The van der Waals surface area contributed by atoms with Crippen molar-refractivity contribution < 1.29 is 14.2 Å². The van der Waals surface area contributed by atoms with Gasteiger partial charge in [-0.05, 0) is 71.9 Å². The first-order valence-corrected chi connectivity index (χ1v) is 8.56. The fourth-order valence-corrected chi connectivity index (χ4v) is 3.17. The Hall–Kier alpha value is -1.68. The van der Waals surface area contributed by atoms with Gasteiger partial charge in [0.2, 0.25) is 0 Å². The first-order chi connectivity index (χ1) is 11.1. The number of hydrogen-bond donors (Lipinski definition) is 0. The van der Waals surface area contributed by atoms with Crippen molar-refractivity contribution in [3.05, 3.63) is 52.0 Å². The van der Waals surface area contributed by atoms with Gasteiger partial charge < -0.3 is 14.2 Å². The molecule has 0 heterocycles. The zero-order valence-electron chi connectivity index (χ0n) is 13.9. The van der Waals surface area contributed by atoms with Crippen molar-refractivity contribution in [2.24, 2.45) is 0 Å². The largest absolute Gasteiger partial charge is 0.493 e. The zero-order chi connectivity index (χ0) is 16.7. The van der Waals surface area contributed by atoms with Gasteiger partial charge in [0.05, 0.1) is 24.8 Å². The third-order valence-corrected chi connectivity index (χ3v) is 4.07. The molecule has 0 aliphatic carbocycles. The van der Waals surface area contributed by atoms with Crippen LogP contribution in [0, 0.1) is 13.8 Å². The average molecular weight is 379 g/mol. The third-order valence-electron chi connectivity index (χ3n) is 3.49. The van der Waals surface area contributed by atoms with Gasteiger partial charge in [-0.1, -0.05) is 18.2 Å². The van der Waals surface area contributed by atoms with Crippen LogP contribution in [0.15, 0.2) is 40.9 Å². The van der Waals surface area contributed by atoms with Crippen LogP contribution in [0.1, 0.15) is 24.0 Å². The van der Waals surface area contributed by atoms with Crippen LogP contribution in [-0.4, -0.2) is 20.3 Å². The monoisotopic (exact) mass is 378 g/mol. The molecule has 0 atom stereocenters. The van der Waals surface area contributed by atoms with Gasteiger partial charge in [0.25, 0.3) is 0 Å². The lowest BCUT2D eigenvalue weighted by Gasteiger charge is -2.13. The minimum Gasteiger partial charge on any atom is -0.493 e. The summed E-state index contributed by atoms with van der Waals surface area (Å²) in [5, 5.41) is 0. The van der Waals surface area contributed by atoms with Crippen molar-refractivity contribution in [1.29, 1.82) is 0 Å². The summed E-state index contributed by atoms with van der Waals surface area (Å²) >= 11 is 3.56. The Morgan fingerprint density at radius 1 is 0.913 bits per heavy atom. The lowest BCUT2D eigenvalue weighted by molar-refractivity contribution is 0.257. The number of hydrogen-bond acceptors (Lipinski definition) is 3. The number of ether oxygens (including phenoxy) is 3. The van der Waals surface area contributed by atoms with E-state index in [4.69, 9.17) is 14.2 Å². The topological polar surface area (TPSA) is 27.7 Å². The molecule has 0 aliphatic heterocycles. The molecule has 0 saturated heterocycles. The lowest BCUT2D eigenvalue weighted by Crippen LogP contribution is -2.04. The smallest absolute Gasteiger partial charge is 0.161 e. The number of aryl methyl sites for hydroxylation is 2. The summed E-state index contributed by atoms with van der Waals surface area (Å²) in [5.74, 6) is 2.48. The molecular weight excluding hydrogens is 356 g/mol. The van der Waals surface area contributed by atoms with Crippen LogP contribution in [-0.2, 0) is 0 Å². The standard InChI is InChI=1S/C19H23BrO3/c1-14-12-15(2)19(16(20)13-14)23-11-7-6-10-22-18-9-5-4-8-17(18)21-3/h4-5,8-9,12-13H,6-7,10-11H2,1-3H3. The van der Waals surface area contributed by atoms with Crippen LogP contribution < -0.4 is 14.2 Å². The molecule has 124 valence electrons. The molecule has 4 heteroatoms. The van der Waals surface area contributed by atoms with E-state index < -0.39 is 0 Å². The molecule has 3 nitrogen and oxygen atoms in total. The van der Waals surface area contributed by atoms with Crippen LogP contribution >= 0.6 is 15.9 Å². The van der Waals surface area contributed by atoms with Crippen LogP contribution in [0.25, 0.3) is 0 Å². The maximum Gasteiger partial charge on any atom is 0.161 e. The summed E-state index contributed by atoms with van der Waals surface area (Å²) in [7, 11) is 1.65. The van der Waals surface area contributed by atoms with Gasteiger partial charge in [0.1, 0.15) is 5.75 Å². The Kier molecular flexibility index (Phi) is 6.78. The van der Waals surface area contributed by atoms with E-state index in [2.05, 4.69) is 41.9 Å². The van der Waals surface area contributed by atoms with E-state index in [1.54, 1.807) is 7.11 Å². The molecule has 23 heavy (non-hydrogen) atoms. The van der Waals surface area contributed by atoms with Crippen molar-refractivity contribution >= 4 is 15.9 Å². The highest BCUT2D eigenvalue weighted by Crippen LogP contribution is 2.30. The Balaban J connectivity index is 1.72. The van der Waals surface area contributed by atoms with Crippen molar-refractivity contribution in [1.82, 2.24) is 0 Å². The van der Waals surface area contributed by atoms with Crippen molar-refractivity contribution in [3.63, 3.8) is 0 Å². The van der Waals surface area contributed by atoms with Gasteiger partial charge in [-0.25, -0.2) is 0 Å². The number of para-hydroxylation sites is 2. The number of methoxy groups -OCH3 is 1. The molecule has 2 aromatic rings. The molecule has 0 bridgehead atoms. The fraction of sp³-hybridized carbons (Fsp3) is 0.368. The highest BCUT2D eigenvalue weighted by Gasteiger charge is 2.06. The molecule has 0 saturated carbocycles. The van der Waals surface area contributed by atoms with Gasteiger partial charge in [-0.3, -0.25) is 0 Å². The van der Waals surface area contributed by atoms with Crippen LogP contribution in [0.5, 0.6) is 17.2 Å². The van der Waals surface area contributed by atoms with E-state index in [9.17, 15) is 0 Å². The van der Waals surface area contributed by atoms with Gasteiger partial charge in [-0.15, -0.1) is 0 Å². The van der Waals surface area contributed by atoms with Gasteiger partial charge in [0.15, 0.2) is 11.5 Å². The molecule has 2 aromatic carbocycles. The van der Waals surface area contributed by atoms with Crippen LogP contribution in [0.4, 0.5) is 0 Å². The summed E-state index contributed by atoms with van der Waals surface area (Å²) in [5.41, 5.74) is 2.38. The molecule has 0 radical (unpaired) electrons. The summed E-state index contributed by atoms with van der Waals surface area (Å²) in [6.45, 7) is 5.48. The van der Waals surface area contributed by atoms with Crippen molar-refractivity contribution in [2.75, 3.05) is 20.3 Å². The Labute approximate surface area is 146 Å². The molecule has 0 unspecified atom stereocenters. The number of halogens is 1. The van der Waals surface area contributed by atoms with Gasteiger partial charge in [-0.2, -0.15) is 0 Å². The van der Waals surface area contributed by atoms with E-state index >= 15 is 0 Å². The van der Waals surface area contributed by atoms with Crippen molar-refractivity contribution in [2.45, 2.75) is 26.7 Å². The normalized spacial score (nSPS) is 10.4. The van der Waals surface area contributed by atoms with E-state index in [0.29, 0.717) is 13.2 Å². The van der Waals surface area contributed by atoms with Gasteiger partial charge in [0, 0.05) is 0 Å². The highest BCUT2D eigenvalue weighted by atomic mass is 79.9. The maximum absolute atomic E-state index is 5.89. The molecule has 0 amide bonds. The summed E-state index contributed by atoms with van der Waals surface area (Å²) in [6.07, 6.45) is 1.87. The predicted molar refractivity (Wildman–Crippen MR) is 96.8 cm³/mol. The Morgan fingerprint density at radius 3 is 2.22 bits per heavy atom. The average Bonchev–Trinajstić information content (AvgIpc) is 2.53. The lowest BCUT2D eigenvalue weighted by atomic mass is 10.1. The van der Waals surface area contributed by atoms with E-state index in [0.717, 1.165) is 40.1 Å². The molecule has 0 aliphatic rings. The first kappa shape index (κ1) is 17.7. The van der Waals surface area contributed by atoms with Gasteiger partial charge >= 0.3 is 0 Å². The van der Waals surface area contributed by atoms with E-state index in [1.165, 1.54) is 5.56 Å². The summed E-state index contributed by atoms with van der Waals surface area (Å²) in [4.78, 5) is 0. The SMILES string of the molecule is COc1ccccc1OCCCCOc1c(C)cc(C)cc1Br. The quantitative estimate of drug-likeness (QED) is 0.582. The second kappa shape index (κ2) is 8.82. The Morgan fingerprint density at radius 2 is 1.57 bits per heavy atom. The second-order valence-corrected chi connectivity index (χ2v) is 6.30. The molecule has 0 aromatic heterocycles. The van der Waals surface area contributed by atoms with E-state index in [1.807, 2.05) is 24.3 Å². The summed E-state index contributed by atoms with van der Waals surface area (Å²) < 4.78 is 17.9. The Bertz CT molecular complexity index is 617. The molecule has 2 rings (SSSR count). The zero-order valence-corrected chi connectivity index (χ0v) is 15.5. The first-order valence-electron chi connectivity index (χ1n) is 7.77. The minimum atomic E-state index is 0.651. The van der Waals surface area contributed by atoms with E-state index in [-0.39, 0.29) is 0 Å². The second-order valence-electron chi connectivity index (χ2n) is 5.45. The molecule has 0 spiro atoms. The predicted octanol–water partition coefficient (Wildman–Crippen LogP) is 5.31. The number of unbranched alkanes of at least 4 members (excludes halogenated alkanes) is 1. The fourth-order valence-electron chi connectivity index (χ4n) is 2.38. The minimum absolute atomic E-state index is 0.651. The molecular formula is C19H23BrO3. The summed E-state index contributed by atoms with van der Waals surface area (Å²) in [6, 6.07) is 11.9. The molecule has 0 N–H and O–H groups in total. The molecule has 0 fully saturated rings. The highest BCUT2D eigenvalue weighted by molar-refractivity contribution is 9.10. The van der Waals surface area contributed by atoms with Crippen molar-refractivity contribution in [3.8, 4) is 17.2 Å². The van der Waals surface area contributed by atoms with Crippen LogP contribution in [0.2, 0.25) is 0 Å². The maximum atomic E-state index is 5.89. The number of rotatable bonds is 8. The number of benzene rings is 2. The third kappa shape index (κ3) is 5.17. The van der Waals surface area contributed by atoms with Crippen LogP contribution in [0.3, 0.4) is 0 Å².